The van der Waals surface area contributed by atoms with Gasteiger partial charge in [-0.2, -0.15) is 0 Å². The number of nitrogens with zero attached hydrogens (tertiary/aromatic N) is 3. The molecule has 2 heterocycles. The summed E-state index contributed by atoms with van der Waals surface area (Å²) in [6.07, 6.45) is 3.64. The number of rotatable bonds is 2. The van der Waals surface area contributed by atoms with Crippen LogP contribution in [0.2, 0.25) is 0 Å². The van der Waals surface area contributed by atoms with Gasteiger partial charge in [0.1, 0.15) is 0 Å². The van der Waals surface area contributed by atoms with Crippen LogP contribution < -0.4 is 10.6 Å². The van der Waals surface area contributed by atoms with Gasteiger partial charge in [-0.1, -0.05) is 0 Å². The fourth-order valence-corrected chi connectivity index (χ4v) is 2.34. The first kappa shape index (κ1) is 14.2. The monoisotopic (exact) mass is 256 g/mol. The van der Waals surface area contributed by atoms with Gasteiger partial charge in [0.2, 0.25) is 5.95 Å². The molecule has 4 nitrogen and oxygen atoms in total. The second-order valence-corrected chi connectivity index (χ2v) is 4.53. The highest BCUT2D eigenvalue weighted by Gasteiger charge is 2.23. The van der Waals surface area contributed by atoms with Gasteiger partial charge in [0.05, 0.1) is 0 Å². The smallest absolute Gasteiger partial charge is 0.226 e. The summed E-state index contributed by atoms with van der Waals surface area (Å²) in [5.41, 5.74) is 7.87. The largest absolute Gasteiger partial charge is 0.337 e. The lowest BCUT2D eigenvalue weighted by atomic mass is 10.0. The number of aromatic nitrogens is 2. The SMILES string of the molecule is Cc1cc(C)nc(N2CCCCC2CN)n1.Cl. The zero-order valence-electron chi connectivity index (χ0n) is 10.5. The predicted octanol–water partition coefficient (Wildman–Crippen LogP) is 1.83. The van der Waals surface area contributed by atoms with Crippen molar-refractivity contribution in [1.29, 1.82) is 0 Å². The summed E-state index contributed by atoms with van der Waals surface area (Å²) in [6.45, 7) is 5.75. The molecule has 96 valence electrons. The molecule has 1 atom stereocenters. The second-order valence-electron chi connectivity index (χ2n) is 4.53. The van der Waals surface area contributed by atoms with Crippen molar-refractivity contribution in [2.75, 3.05) is 18.0 Å². The van der Waals surface area contributed by atoms with Crippen molar-refractivity contribution in [3.63, 3.8) is 0 Å². The molecule has 0 bridgehead atoms. The molecule has 5 heteroatoms. The first-order chi connectivity index (χ1) is 7.70. The Kier molecular flexibility index (Phi) is 5.15. The Morgan fingerprint density at radius 1 is 1.29 bits per heavy atom. The molecule has 1 aliphatic heterocycles. The number of nitrogens with two attached hydrogens (primary N) is 1. The van der Waals surface area contributed by atoms with Crippen molar-refractivity contribution >= 4 is 18.4 Å². The highest BCUT2D eigenvalue weighted by molar-refractivity contribution is 5.85. The maximum absolute atomic E-state index is 5.81. The van der Waals surface area contributed by atoms with Gasteiger partial charge in [0.25, 0.3) is 0 Å². The molecule has 1 aliphatic rings. The van der Waals surface area contributed by atoms with E-state index in [9.17, 15) is 0 Å². The molecule has 17 heavy (non-hydrogen) atoms. The summed E-state index contributed by atoms with van der Waals surface area (Å²) in [6, 6.07) is 2.42. The van der Waals surface area contributed by atoms with Crippen LogP contribution in [0, 0.1) is 13.8 Å². The maximum Gasteiger partial charge on any atom is 0.226 e. The van der Waals surface area contributed by atoms with Crippen LogP contribution in [0.5, 0.6) is 0 Å². The molecule has 0 saturated carbocycles. The third-order valence-electron chi connectivity index (χ3n) is 3.13. The summed E-state index contributed by atoms with van der Waals surface area (Å²) < 4.78 is 0. The number of hydrogen-bond donors (Lipinski definition) is 1. The first-order valence-corrected chi connectivity index (χ1v) is 5.99. The molecule has 2 N–H and O–H groups in total. The van der Waals surface area contributed by atoms with Crippen molar-refractivity contribution in [2.45, 2.75) is 39.2 Å². The summed E-state index contributed by atoms with van der Waals surface area (Å²) in [5, 5.41) is 0. The van der Waals surface area contributed by atoms with Crippen LogP contribution in [0.25, 0.3) is 0 Å². The van der Waals surface area contributed by atoms with E-state index in [1.54, 1.807) is 0 Å². The van der Waals surface area contributed by atoms with Crippen LogP contribution in [0.1, 0.15) is 30.7 Å². The predicted molar refractivity (Wildman–Crippen MR) is 72.8 cm³/mol. The quantitative estimate of drug-likeness (QED) is 0.877. The van der Waals surface area contributed by atoms with E-state index in [1.807, 2.05) is 19.9 Å². The first-order valence-electron chi connectivity index (χ1n) is 5.99. The molecule has 0 spiro atoms. The zero-order chi connectivity index (χ0) is 11.5. The van der Waals surface area contributed by atoms with Crippen LogP contribution >= 0.6 is 12.4 Å². The maximum atomic E-state index is 5.81. The highest BCUT2D eigenvalue weighted by Crippen LogP contribution is 2.21. The van der Waals surface area contributed by atoms with Crippen molar-refractivity contribution in [1.82, 2.24) is 9.97 Å². The third-order valence-corrected chi connectivity index (χ3v) is 3.13. The Bertz CT molecular complexity index is 349. The zero-order valence-corrected chi connectivity index (χ0v) is 11.3. The fourth-order valence-electron chi connectivity index (χ4n) is 2.34. The summed E-state index contributed by atoms with van der Waals surface area (Å²) in [7, 11) is 0. The number of halogens is 1. The molecule has 1 unspecified atom stereocenters. The minimum Gasteiger partial charge on any atom is -0.337 e. The molecule has 1 fully saturated rings. The van der Waals surface area contributed by atoms with Gasteiger partial charge in [-0.25, -0.2) is 9.97 Å². The third kappa shape index (κ3) is 3.30. The lowest BCUT2D eigenvalue weighted by molar-refractivity contribution is 0.457. The lowest BCUT2D eigenvalue weighted by Gasteiger charge is -2.35. The van der Waals surface area contributed by atoms with Crippen LogP contribution in [-0.2, 0) is 0 Å². The molecule has 2 rings (SSSR count). The van der Waals surface area contributed by atoms with Crippen molar-refractivity contribution in [3.8, 4) is 0 Å². The van der Waals surface area contributed by atoms with Crippen LogP contribution in [-0.4, -0.2) is 29.1 Å². The molecule has 1 saturated heterocycles. The fraction of sp³-hybridized carbons (Fsp3) is 0.667. The molecule has 0 aliphatic carbocycles. The van der Waals surface area contributed by atoms with E-state index in [4.69, 9.17) is 5.73 Å². The minimum absolute atomic E-state index is 0. The molecular weight excluding hydrogens is 236 g/mol. The van der Waals surface area contributed by atoms with E-state index in [2.05, 4.69) is 14.9 Å². The van der Waals surface area contributed by atoms with Gasteiger partial charge in [-0.05, 0) is 39.2 Å². The molecule has 0 radical (unpaired) electrons. The average molecular weight is 257 g/mol. The normalized spacial score (nSPS) is 19.9. The van der Waals surface area contributed by atoms with Gasteiger partial charge in [-0.15, -0.1) is 12.4 Å². The molecule has 0 amide bonds. The number of aryl methyl sites for hydroxylation is 2. The Hall–Kier alpha value is -0.870. The second kappa shape index (κ2) is 6.17. The number of hydrogen-bond acceptors (Lipinski definition) is 4. The summed E-state index contributed by atoms with van der Waals surface area (Å²) in [5.74, 6) is 0.854. The molecular formula is C12H21ClN4. The van der Waals surface area contributed by atoms with Gasteiger partial charge in [0.15, 0.2) is 0 Å². The average Bonchev–Trinajstić information content (AvgIpc) is 2.27. The highest BCUT2D eigenvalue weighted by atomic mass is 35.5. The lowest BCUT2D eigenvalue weighted by Crippen LogP contribution is -2.45. The van der Waals surface area contributed by atoms with Gasteiger partial charge in [0, 0.05) is 30.5 Å². The van der Waals surface area contributed by atoms with Crippen molar-refractivity contribution < 1.29 is 0 Å². The standard InChI is InChI=1S/C12H20N4.ClH/c1-9-7-10(2)15-12(14-9)16-6-4-3-5-11(16)8-13;/h7,11H,3-6,8,13H2,1-2H3;1H. The van der Waals surface area contributed by atoms with E-state index in [1.165, 1.54) is 12.8 Å². The van der Waals surface area contributed by atoms with E-state index in [0.29, 0.717) is 12.6 Å². The summed E-state index contributed by atoms with van der Waals surface area (Å²) >= 11 is 0. The van der Waals surface area contributed by atoms with Gasteiger partial charge in [-0.3, -0.25) is 0 Å². The van der Waals surface area contributed by atoms with E-state index in [-0.39, 0.29) is 12.4 Å². The topological polar surface area (TPSA) is 55.0 Å². The molecule has 0 aromatic carbocycles. The van der Waals surface area contributed by atoms with Gasteiger partial charge < -0.3 is 10.6 Å². The van der Waals surface area contributed by atoms with Crippen LogP contribution in [0.15, 0.2) is 6.07 Å². The number of piperidine rings is 1. The van der Waals surface area contributed by atoms with Gasteiger partial charge >= 0.3 is 0 Å². The van der Waals surface area contributed by atoms with E-state index >= 15 is 0 Å². The molecule has 1 aromatic heterocycles. The summed E-state index contributed by atoms with van der Waals surface area (Å²) in [4.78, 5) is 11.3. The Morgan fingerprint density at radius 3 is 2.53 bits per heavy atom. The molecule has 1 aromatic rings. The van der Waals surface area contributed by atoms with Crippen molar-refractivity contribution in [2.24, 2.45) is 5.73 Å². The Morgan fingerprint density at radius 2 is 1.94 bits per heavy atom. The van der Waals surface area contributed by atoms with Crippen LogP contribution in [0.4, 0.5) is 5.95 Å². The Balaban J connectivity index is 0.00000144. The van der Waals surface area contributed by atoms with Crippen molar-refractivity contribution in [3.05, 3.63) is 17.5 Å². The minimum atomic E-state index is 0. The number of anilines is 1. The Labute approximate surface area is 109 Å². The van der Waals surface area contributed by atoms with Crippen LogP contribution in [0.3, 0.4) is 0 Å². The van der Waals surface area contributed by atoms with E-state index in [0.717, 1.165) is 30.3 Å². The van der Waals surface area contributed by atoms with E-state index < -0.39 is 0 Å².